The van der Waals surface area contributed by atoms with Crippen LogP contribution < -0.4 is 33.0 Å². The number of aromatic nitrogens is 2. The fourth-order valence-electron chi connectivity index (χ4n) is 3.81. The highest BCUT2D eigenvalue weighted by Crippen LogP contribution is 2.37. The number of carbonyl (C=O) groups excluding carboxylic acids is 2. The van der Waals surface area contributed by atoms with Gasteiger partial charge in [0.2, 0.25) is 5.91 Å². The van der Waals surface area contributed by atoms with E-state index < -0.39 is 17.6 Å². The molecule has 2 heterocycles. The van der Waals surface area contributed by atoms with Crippen LogP contribution in [0.2, 0.25) is 0 Å². The first-order chi connectivity index (χ1) is 15.2. The SMILES string of the molecule is CCCNc1cnc2n(c1=O)[C@@H](C(=O)NCc1ccc(C(=N)N)cc1)C[C@]2(C)NC(N)=O. The molecule has 0 bridgehead atoms. The van der Waals surface area contributed by atoms with Crippen molar-refractivity contribution in [3.63, 3.8) is 0 Å². The molecule has 0 radical (unpaired) electrons. The van der Waals surface area contributed by atoms with Gasteiger partial charge in [-0.3, -0.25) is 19.6 Å². The number of benzene rings is 1. The Labute approximate surface area is 185 Å². The molecule has 0 saturated heterocycles. The van der Waals surface area contributed by atoms with Crippen LogP contribution >= 0.6 is 0 Å². The number of fused-ring (bicyclic) bond motifs is 1. The molecule has 2 atom stereocenters. The lowest BCUT2D eigenvalue weighted by Gasteiger charge is -2.23. The van der Waals surface area contributed by atoms with Gasteiger partial charge in [-0.2, -0.15) is 0 Å². The molecule has 1 aromatic carbocycles. The van der Waals surface area contributed by atoms with Crippen molar-refractivity contribution < 1.29 is 9.59 Å². The van der Waals surface area contributed by atoms with Gasteiger partial charge in [0.15, 0.2) is 0 Å². The van der Waals surface area contributed by atoms with Crippen molar-refractivity contribution in [3.8, 4) is 0 Å². The summed E-state index contributed by atoms with van der Waals surface area (Å²) in [6.45, 7) is 4.46. The summed E-state index contributed by atoms with van der Waals surface area (Å²) < 4.78 is 1.32. The number of hydrogen-bond acceptors (Lipinski definition) is 6. The van der Waals surface area contributed by atoms with Gasteiger partial charge in [0.25, 0.3) is 5.56 Å². The molecule has 8 N–H and O–H groups in total. The van der Waals surface area contributed by atoms with Crippen LogP contribution in [0.5, 0.6) is 0 Å². The number of amidine groups is 1. The van der Waals surface area contributed by atoms with E-state index in [9.17, 15) is 14.4 Å². The predicted octanol–water partition coefficient (Wildman–Crippen LogP) is 0.494. The molecule has 11 heteroatoms. The van der Waals surface area contributed by atoms with Crippen molar-refractivity contribution in [2.75, 3.05) is 11.9 Å². The van der Waals surface area contributed by atoms with Crippen molar-refractivity contribution in [3.05, 3.63) is 57.8 Å². The van der Waals surface area contributed by atoms with Crippen LogP contribution in [0.3, 0.4) is 0 Å². The molecule has 1 aliphatic heterocycles. The van der Waals surface area contributed by atoms with Crippen molar-refractivity contribution in [1.29, 1.82) is 5.41 Å². The highest BCUT2D eigenvalue weighted by molar-refractivity contribution is 5.94. The number of carbonyl (C=O) groups is 2. The normalized spacial score (nSPS) is 19.1. The van der Waals surface area contributed by atoms with Crippen LogP contribution in [0.25, 0.3) is 0 Å². The second kappa shape index (κ2) is 9.08. The van der Waals surface area contributed by atoms with Gasteiger partial charge >= 0.3 is 6.03 Å². The number of rotatable bonds is 8. The molecule has 0 spiro atoms. The number of primary amides is 1. The minimum Gasteiger partial charge on any atom is -0.384 e. The zero-order valence-electron chi connectivity index (χ0n) is 18.1. The lowest BCUT2D eigenvalue weighted by Crippen LogP contribution is -2.46. The molecule has 32 heavy (non-hydrogen) atoms. The van der Waals surface area contributed by atoms with Crippen molar-refractivity contribution >= 4 is 23.5 Å². The number of nitrogens with two attached hydrogens (primary N) is 2. The second-order valence-corrected chi connectivity index (χ2v) is 7.97. The molecular formula is C21H28N8O3. The summed E-state index contributed by atoms with van der Waals surface area (Å²) in [5.41, 5.74) is 11.0. The summed E-state index contributed by atoms with van der Waals surface area (Å²) in [7, 11) is 0. The van der Waals surface area contributed by atoms with E-state index in [2.05, 4.69) is 20.9 Å². The standard InChI is InChI=1S/C21H28N8O3/c1-3-8-25-14-11-27-19-21(2,28-20(24)32)9-15(29(19)18(14)31)17(30)26-10-12-4-6-13(7-5-12)16(22)23/h4-7,11,15,25H,3,8-10H2,1-2H3,(H3,22,23)(H,26,30)(H3,24,28,32)/t15-,21+/m1/s1. The van der Waals surface area contributed by atoms with E-state index in [0.717, 1.165) is 12.0 Å². The van der Waals surface area contributed by atoms with Gasteiger partial charge in [0.1, 0.15) is 23.4 Å². The summed E-state index contributed by atoms with van der Waals surface area (Å²) in [6, 6.07) is 5.28. The van der Waals surface area contributed by atoms with Gasteiger partial charge in [-0.15, -0.1) is 0 Å². The predicted molar refractivity (Wildman–Crippen MR) is 120 cm³/mol. The number of urea groups is 1. The average Bonchev–Trinajstić information content (AvgIpc) is 3.04. The third-order valence-electron chi connectivity index (χ3n) is 5.40. The lowest BCUT2D eigenvalue weighted by atomic mass is 9.96. The average molecular weight is 441 g/mol. The van der Waals surface area contributed by atoms with E-state index in [4.69, 9.17) is 16.9 Å². The Kier molecular flexibility index (Phi) is 6.47. The van der Waals surface area contributed by atoms with E-state index >= 15 is 0 Å². The molecule has 1 aromatic heterocycles. The Balaban J connectivity index is 1.87. The van der Waals surface area contributed by atoms with E-state index in [1.54, 1.807) is 31.2 Å². The van der Waals surface area contributed by atoms with Crippen LogP contribution in [0.4, 0.5) is 10.5 Å². The first-order valence-electron chi connectivity index (χ1n) is 10.3. The summed E-state index contributed by atoms with van der Waals surface area (Å²) in [5.74, 6) is -0.147. The largest absolute Gasteiger partial charge is 0.384 e. The maximum absolute atomic E-state index is 13.1. The molecule has 3 rings (SSSR count). The van der Waals surface area contributed by atoms with E-state index in [1.807, 2.05) is 6.92 Å². The lowest BCUT2D eigenvalue weighted by molar-refractivity contribution is -0.124. The van der Waals surface area contributed by atoms with Crippen molar-refractivity contribution in [1.82, 2.24) is 20.2 Å². The molecule has 0 aliphatic carbocycles. The van der Waals surface area contributed by atoms with E-state index in [-0.39, 0.29) is 41.8 Å². The minimum atomic E-state index is -1.07. The molecule has 0 unspecified atom stereocenters. The van der Waals surface area contributed by atoms with Gasteiger partial charge in [-0.1, -0.05) is 31.2 Å². The second-order valence-electron chi connectivity index (χ2n) is 7.97. The zero-order chi connectivity index (χ0) is 23.5. The van der Waals surface area contributed by atoms with Gasteiger partial charge in [0.05, 0.1) is 11.7 Å². The third kappa shape index (κ3) is 4.56. The minimum absolute atomic E-state index is 0.0382. The van der Waals surface area contributed by atoms with Crippen molar-refractivity contribution in [2.45, 2.75) is 44.8 Å². The highest BCUT2D eigenvalue weighted by Gasteiger charge is 2.46. The Morgan fingerprint density at radius 3 is 2.56 bits per heavy atom. The Hall–Kier alpha value is -3.89. The van der Waals surface area contributed by atoms with Crippen LogP contribution in [-0.2, 0) is 16.9 Å². The van der Waals surface area contributed by atoms with Crippen LogP contribution in [-0.4, -0.2) is 33.9 Å². The summed E-state index contributed by atoms with van der Waals surface area (Å²) in [4.78, 5) is 42.2. The first kappa shape index (κ1) is 22.8. The Bertz CT molecular complexity index is 1100. The molecule has 2 aromatic rings. The number of nitrogens with zero attached hydrogens (tertiary/aromatic N) is 2. The molecular weight excluding hydrogens is 412 g/mol. The number of nitrogens with one attached hydrogen (secondary N) is 4. The summed E-state index contributed by atoms with van der Waals surface area (Å²) in [5, 5.41) is 15.9. The first-order valence-corrected chi connectivity index (χ1v) is 10.3. The van der Waals surface area contributed by atoms with Gasteiger partial charge in [-0.05, 0) is 18.9 Å². The van der Waals surface area contributed by atoms with E-state index in [1.165, 1.54) is 10.8 Å². The Morgan fingerprint density at radius 2 is 1.97 bits per heavy atom. The molecule has 0 fully saturated rings. The highest BCUT2D eigenvalue weighted by atomic mass is 16.2. The summed E-state index contributed by atoms with van der Waals surface area (Å²) >= 11 is 0. The quantitative estimate of drug-likeness (QED) is 0.257. The molecule has 11 nitrogen and oxygen atoms in total. The number of amides is 3. The zero-order valence-corrected chi connectivity index (χ0v) is 18.1. The van der Waals surface area contributed by atoms with Crippen LogP contribution in [0, 0.1) is 5.41 Å². The van der Waals surface area contributed by atoms with Crippen molar-refractivity contribution in [2.24, 2.45) is 11.5 Å². The third-order valence-corrected chi connectivity index (χ3v) is 5.40. The number of anilines is 1. The molecule has 1 aliphatic rings. The maximum atomic E-state index is 13.1. The summed E-state index contributed by atoms with van der Waals surface area (Å²) in [6.07, 6.45) is 2.36. The fraction of sp³-hybridized carbons (Fsp3) is 0.381. The monoisotopic (exact) mass is 440 g/mol. The molecule has 3 amide bonds. The number of hydrogen-bond donors (Lipinski definition) is 6. The smallest absolute Gasteiger partial charge is 0.312 e. The van der Waals surface area contributed by atoms with Crippen LogP contribution in [0.15, 0.2) is 35.3 Å². The Morgan fingerprint density at radius 1 is 1.28 bits per heavy atom. The molecule has 170 valence electrons. The number of nitrogen functional groups attached to an aromatic ring is 1. The molecule has 0 saturated carbocycles. The fourth-order valence-corrected chi connectivity index (χ4v) is 3.81. The van der Waals surface area contributed by atoms with Gasteiger partial charge in [-0.25, -0.2) is 9.78 Å². The topological polar surface area (TPSA) is 181 Å². The van der Waals surface area contributed by atoms with Gasteiger partial charge < -0.3 is 27.4 Å². The van der Waals surface area contributed by atoms with Crippen LogP contribution in [0.1, 0.15) is 49.7 Å². The maximum Gasteiger partial charge on any atom is 0.312 e. The van der Waals surface area contributed by atoms with E-state index in [0.29, 0.717) is 12.1 Å². The van der Waals surface area contributed by atoms with Gasteiger partial charge in [0, 0.05) is 25.1 Å².